The molecule has 0 bridgehead atoms. The molecule has 172 valence electrons. The quantitative estimate of drug-likeness (QED) is 0.254. The third-order valence-corrected chi connectivity index (χ3v) is 8.08. The van der Waals surface area contributed by atoms with Crippen LogP contribution in [0.1, 0.15) is 5.69 Å². The van der Waals surface area contributed by atoms with E-state index in [9.17, 15) is 8.42 Å². The summed E-state index contributed by atoms with van der Waals surface area (Å²) in [5.74, 6) is 1.03. The van der Waals surface area contributed by atoms with Crippen LogP contribution in [0.15, 0.2) is 92.7 Å². The molecular formula is C24H19N3O4S3. The van der Waals surface area contributed by atoms with Crippen molar-refractivity contribution in [1.82, 2.24) is 9.97 Å². The van der Waals surface area contributed by atoms with Crippen LogP contribution in [-0.4, -0.2) is 25.5 Å². The molecule has 0 atom stereocenters. The Labute approximate surface area is 204 Å². The minimum atomic E-state index is -3.83. The van der Waals surface area contributed by atoms with E-state index in [1.807, 2.05) is 35.7 Å². The van der Waals surface area contributed by atoms with Crippen LogP contribution in [-0.2, 0) is 15.8 Å². The van der Waals surface area contributed by atoms with Crippen molar-refractivity contribution in [2.75, 3.05) is 11.8 Å². The fourth-order valence-corrected chi connectivity index (χ4v) is 6.02. The van der Waals surface area contributed by atoms with Crippen LogP contribution in [0.3, 0.4) is 0 Å². The number of sulfonamides is 1. The van der Waals surface area contributed by atoms with E-state index in [2.05, 4.69) is 14.7 Å². The maximum absolute atomic E-state index is 12.9. The van der Waals surface area contributed by atoms with Crippen molar-refractivity contribution in [3.05, 3.63) is 83.9 Å². The third-order valence-electron chi connectivity index (χ3n) is 4.92. The SMILES string of the molecule is COc1ccccc1NS(=O)(=O)c1ccc2oc(SCc3csc(-c4ccccc4)n3)nc2c1. The van der Waals surface area contributed by atoms with Gasteiger partial charge in [0, 0.05) is 16.7 Å². The van der Waals surface area contributed by atoms with Crippen LogP contribution >= 0.6 is 23.1 Å². The van der Waals surface area contributed by atoms with Crippen LogP contribution in [0.25, 0.3) is 21.7 Å². The molecule has 1 N–H and O–H groups in total. The monoisotopic (exact) mass is 509 g/mol. The topological polar surface area (TPSA) is 94.3 Å². The Morgan fingerprint density at radius 1 is 1.03 bits per heavy atom. The summed E-state index contributed by atoms with van der Waals surface area (Å²) in [6, 6.07) is 21.5. The molecule has 34 heavy (non-hydrogen) atoms. The Balaban J connectivity index is 1.31. The first-order chi connectivity index (χ1) is 16.5. The molecule has 0 spiro atoms. The smallest absolute Gasteiger partial charge is 0.262 e. The zero-order valence-electron chi connectivity index (χ0n) is 18.0. The minimum absolute atomic E-state index is 0.0859. The summed E-state index contributed by atoms with van der Waals surface area (Å²) in [5.41, 5.74) is 3.36. The Morgan fingerprint density at radius 2 is 1.82 bits per heavy atom. The molecule has 0 saturated carbocycles. The molecule has 5 rings (SSSR count). The van der Waals surface area contributed by atoms with Gasteiger partial charge < -0.3 is 9.15 Å². The van der Waals surface area contributed by atoms with Gasteiger partial charge in [0.05, 0.1) is 23.4 Å². The van der Waals surface area contributed by atoms with Crippen LogP contribution in [0, 0.1) is 0 Å². The average Bonchev–Trinajstić information content (AvgIpc) is 3.50. The number of anilines is 1. The minimum Gasteiger partial charge on any atom is -0.495 e. The summed E-state index contributed by atoms with van der Waals surface area (Å²) in [6.07, 6.45) is 0. The molecule has 3 aromatic carbocycles. The van der Waals surface area contributed by atoms with E-state index in [0.717, 1.165) is 16.3 Å². The first-order valence-corrected chi connectivity index (χ1v) is 13.6. The number of hydrogen-bond donors (Lipinski definition) is 1. The lowest BCUT2D eigenvalue weighted by atomic mass is 10.2. The standard InChI is InChI=1S/C24H19N3O4S3/c1-30-21-10-6-5-9-19(21)27-34(28,29)18-11-12-22-20(13-18)26-24(31-22)33-15-17-14-32-23(25-17)16-7-3-2-4-8-16/h2-14,27H,15H2,1H3. The molecule has 0 unspecified atom stereocenters. The van der Waals surface area contributed by atoms with E-state index in [0.29, 0.717) is 33.5 Å². The highest BCUT2D eigenvalue weighted by atomic mass is 32.2. The molecule has 0 saturated heterocycles. The van der Waals surface area contributed by atoms with Gasteiger partial charge in [0.1, 0.15) is 16.3 Å². The highest BCUT2D eigenvalue weighted by Crippen LogP contribution is 2.31. The van der Waals surface area contributed by atoms with Gasteiger partial charge in [-0.15, -0.1) is 11.3 Å². The Hall–Kier alpha value is -3.34. The fourth-order valence-electron chi connectivity index (χ4n) is 3.27. The van der Waals surface area contributed by atoms with Crippen molar-refractivity contribution in [3.63, 3.8) is 0 Å². The first-order valence-electron chi connectivity index (χ1n) is 10.2. The predicted molar refractivity (Wildman–Crippen MR) is 135 cm³/mol. The van der Waals surface area contributed by atoms with Crippen LogP contribution in [0.5, 0.6) is 5.75 Å². The number of nitrogens with zero attached hydrogens (tertiary/aromatic N) is 2. The normalized spacial score (nSPS) is 11.6. The summed E-state index contributed by atoms with van der Waals surface area (Å²) in [7, 11) is -2.35. The first kappa shape index (κ1) is 22.5. The van der Waals surface area contributed by atoms with Crippen molar-refractivity contribution in [1.29, 1.82) is 0 Å². The van der Waals surface area contributed by atoms with Gasteiger partial charge in [0.25, 0.3) is 15.2 Å². The number of nitrogens with one attached hydrogen (secondary N) is 1. The number of rotatable bonds is 8. The molecular weight excluding hydrogens is 490 g/mol. The zero-order chi connectivity index (χ0) is 23.5. The van der Waals surface area contributed by atoms with E-state index in [1.165, 1.54) is 31.0 Å². The lowest BCUT2D eigenvalue weighted by Crippen LogP contribution is -2.13. The molecule has 0 fully saturated rings. The molecule has 0 aliphatic heterocycles. The number of aromatic nitrogens is 2. The van der Waals surface area contributed by atoms with Gasteiger partial charge in [-0.25, -0.2) is 18.4 Å². The number of thioether (sulfide) groups is 1. The molecule has 0 aliphatic rings. The van der Waals surface area contributed by atoms with Gasteiger partial charge in [0.15, 0.2) is 5.58 Å². The number of fused-ring (bicyclic) bond motifs is 1. The summed E-state index contributed by atoms with van der Waals surface area (Å²) < 4.78 is 39.4. The van der Waals surface area contributed by atoms with Crippen molar-refractivity contribution in [2.45, 2.75) is 15.9 Å². The van der Waals surface area contributed by atoms with Crippen LogP contribution in [0.2, 0.25) is 0 Å². The van der Waals surface area contributed by atoms with E-state index in [-0.39, 0.29) is 4.90 Å². The van der Waals surface area contributed by atoms with Crippen molar-refractivity contribution in [3.8, 4) is 16.3 Å². The second-order valence-corrected chi connectivity index (χ2v) is 10.7. The lowest BCUT2D eigenvalue weighted by molar-refractivity contribution is 0.417. The van der Waals surface area contributed by atoms with Gasteiger partial charge in [-0.2, -0.15) is 0 Å². The second-order valence-electron chi connectivity index (χ2n) is 7.21. The number of thiazole rings is 1. The Morgan fingerprint density at radius 3 is 2.65 bits per heavy atom. The number of para-hydroxylation sites is 2. The Bertz CT molecular complexity index is 1550. The number of ether oxygens (including phenoxy) is 1. The van der Waals surface area contributed by atoms with Gasteiger partial charge >= 0.3 is 0 Å². The third kappa shape index (κ3) is 4.79. The zero-order valence-corrected chi connectivity index (χ0v) is 20.4. The Kier molecular flexibility index (Phi) is 6.27. The number of oxazole rings is 1. The summed E-state index contributed by atoms with van der Waals surface area (Å²) in [5, 5.41) is 3.44. The maximum atomic E-state index is 12.9. The average molecular weight is 510 g/mol. The number of methoxy groups -OCH3 is 1. The summed E-state index contributed by atoms with van der Waals surface area (Å²) in [4.78, 5) is 9.23. The van der Waals surface area contributed by atoms with Gasteiger partial charge in [-0.05, 0) is 30.3 Å². The van der Waals surface area contributed by atoms with Crippen molar-refractivity contribution >= 4 is 49.9 Å². The number of benzene rings is 3. The molecule has 0 amide bonds. The molecule has 10 heteroatoms. The largest absolute Gasteiger partial charge is 0.495 e. The molecule has 5 aromatic rings. The molecule has 0 aliphatic carbocycles. The second kappa shape index (κ2) is 9.49. The van der Waals surface area contributed by atoms with E-state index >= 15 is 0 Å². The highest BCUT2D eigenvalue weighted by Gasteiger charge is 2.19. The lowest BCUT2D eigenvalue weighted by Gasteiger charge is -2.11. The van der Waals surface area contributed by atoms with Gasteiger partial charge in [-0.3, -0.25) is 4.72 Å². The summed E-state index contributed by atoms with van der Waals surface area (Å²) >= 11 is 3.01. The van der Waals surface area contributed by atoms with Crippen molar-refractivity contribution in [2.24, 2.45) is 0 Å². The molecule has 0 radical (unpaired) electrons. The van der Waals surface area contributed by atoms with Gasteiger partial charge in [0.2, 0.25) is 0 Å². The van der Waals surface area contributed by atoms with E-state index < -0.39 is 10.0 Å². The number of hydrogen-bond acceptors (Lipinski definition) is 8. The fraction of sp³-hybridized carbons (Fsp3) is 0.0833. The molecule has 2 aromatic heterocycles. The maximum Gasteiger partial charge on any atom is 0.262 e. The van der Waals surface area contributed by atoms with E-state index in [1.54, 1.807) is 41.7 Å². The molecule has 7 nitrogen and oxygen atoms in total. The van der Waals surface area contributed by atoms with Crippen molar-refractivity contribution < 1.29 is 17.6 Å². The van der Waals surface area contributed by atoms with E-state index in [4.69, 9.17) is 9.15 Å². The van der Waals surface area contributed by atoms with Crippen LogP contribution in [0.4, 0.5) is 5.69 Å². The molecule has 2 heterocycles. The van der Waals surface area contributed by atoms with Gasteiger partial charge in [-0.1, -0.05) is 54.2 Å². The highest BCUT2D eigenvalue weighted by molar-refractivity contribution is 7.98. The predicted octanol–water partition coefficient (Wildman–Crippen LogP) is 6.05. The van der Waals surface area contributed by atoms with Crippen LogP contribution < -0.4 is 9.46 Å². The summed E-state index contributed by atoms with van der Waals surface area (Å²) in [6.45, 7) is 0.